The molecule has 0 aliphatic rings. The summed E-state index contributed by atoms with van der Waals surface area (Å²) in [7, 11) is 0. The third-order valence-electron chi connectivity index (χ3n) is 2.76. The standard InChI is InChI=1S/C12H14F2N4O3/c1-12(2,3)6-4-15-7(21-6)5-18-9(10(13)14)8(11(19)20)16-17-18/h4,10H,5H2,1-3H3,(H,19,20). The summed E-state index contributed by atoms with van der Waals surface area (Å²) in [5.41, 5.74) is -1.81. The monoisotopic (exact) mass is 300 g/mol. The van der Waals surface area contributed by atoms with Crippen LogP contribution in [0.1, 0.15) is 55.0 Å². The van der Waals surface area contributed by atoms with Crippen molar-refractivity contribution in [3.05, 3.63) is 29.2 Å². The number of carboxylic acid groups (broad SMARTS) is 1. The van der Waals surface area contributed by atoms with Crippen LogP contribution in [0.5, 0.6) is 0 Å². The van der Waals surface area contributed by atoms with Gasteiger partial charge in [0.05, 0.1) is 6.20 Å². The van der Waals surface area contributed by atoms with E-state index in [1.54, 1.807) is 0 Å². The highest BCUT2D eigenvalue weighted by molar-refractivity contribution is 5.86. The number of carbonyl (C=O) groups is 1. The number of nitrogens with zero attached hydrogens (tertiary/aromatic N) is 4. The fourth-order valence-electron chi connectivity index (χ4n) is 1.66. The molecule has 0 radical (unpaired) electrons. The second-order valence-electron chi connectivity index (χ2n) is 5.46. The van der Waals surface area contributed by atoms with Crippen LogP contribution >= 0.6 is 0 Å². The summed E-state index contributed by atoms with van der Waals surface area (Å²) in [5.74, 6) is -0.808. The Bertz CT molecular complexity index is 658. The Morgan fingerprint density at radius 1 is 1.48 bits per heavy atom. The summed E-state index contributed by atoms with van der Waals surface area (Å²) in [6, 6.07) is 0. The average molecular weight is 300 g/mol. The zero-order chi connectivity index (χ0) is 15.8. The Labute approximate surface area is 118 Å². The van der Waals surface area contributed by atoms with Crippen molar-refractivity contribution in [1.82, 2.24) is 20.0 Å². The van der Waals surface area contributed by atoms with Gasteiger partial charge in [0, 0.05) is 5.41 Å². The molecule has 114 valence electrons. The van der Waals surface area contributed by atoms with Gasteiger partial charge in [0.15, 0.2) is 5.69 Å². The summed E-state index contributed by atoms with van der Waals surface area (Å²) in [6.07, 6.45) is -1.50. The summed E-state index contributed by atoms with van der Waals surface area (Å²) in [6.45, 7) is 5.54. The molecule has 0 aliphatic carbocycles. The first-order valence-corrected chi connectivity index (χ1v) is 6.10. The first-order valence-electron chi connectivity index (χ1n) is 6.10. The molecule has 0 saturated heterocycles. The van der Waals surface area contributed by atoms with Crippen LogP contribution in [0.3, 0.4) is 0 Å². The molecule has 1 N–H and O–H groups in total. The van der Waals surface area contributed by atoms with E-state index in [-0.39, 0.29) is 17.9 Å². The highest BCUT2D eigenvalue weighted by atomic mass is 19.3. The quantitative estimate of drug-likeness (QED) is 0.930. The molecule has 2 aromatic heterocycles. The number of carboxylic acids is 1. The van der Waals surface area contributed by atoms with Gasteiger partial charge in [0.25, 0.3) is 6.43 Å². The average Bonchev–Trinajstić information content (AvgIpc) is 2.94. The number of oxazole rings is 1. The van der Waals surface area contributed by atoms with Crippen molar-refractivity contribution in [2.24, 2.45) is 0 Å². The van der Waals surface area contributed by atoms with Gasteiger partial charge in [-0.15, -0.1) is 5.10 Å². The van der Waals surface area contributed by atoms with Crippen LogP contribution in [-0.2, 0) is 12.0 Å². The SMILES string of the molecule is CC(C)(C)c1cnc(Cn2nnc(C(=O)O)c2C(F)F)o1. The lowest BCUT2D eigenvalue weighted by Gasteiger charge is -2.13. The molecular weight excluding hydrogens is 286 g/mol. The Hall–Kier alpha value is -2.32. The molecule has 2 aromatic rings. The molecule has 0 fully saturated rings. The largest absolute Gasteiger partial charge is 0.476 e. The minimum absolute atomic E-state index is 0.156. The normalized spacial score (nSPS) is 12.1. The van der Waals surface area contributed by atoms with Gasteiger partial charge in [-0.2, -0.15) is 0 Å². The van der Waals surface area contributed by atoms with Crippen LogP contribution in [0.4, 0.5) is 8.78 Å². The number of aromatic nitrogens is 4. The van der Waals surface area contributed by atoms with Crippen LogP contribution < -0.4 is 0 Å². The van der Waals surface area contributed by atoms with Crippen LogP contribution in [0.15, 0.2) is 10.6 Å². The number of halogens is 2. The second-order valence-corrected chi connectivity index (χ2v) is 5.46. The van der Waals surface area contributed by atoms with Gasteiger partial charge in [-0.25, -0.2) is 23.2 Å². The number of rotatable bonds is 4. The zero-order valence-electron chi connectivity index (χ0n) is 11.7. The number of hydrogen-bond acceptors (Lipinski definition) is 5. The van der Waals surface area contributed by atoms with Gasteiger partial charge in [0.2, 0.25) is 5.89 Å². The fourth-order valence-corrected chi connectivity index (χ4v) is 1.66. The van der Waals surface area contributed by atoms with E-state index < -0.39 is 23.8 Å². The molecule has 0 spiro atoms. The maximum Gasteiger partial charge on any atom is 0.358 e. The van der Waals surface area contributed by atoms with Gasteiger partial charge in [-0.3, -0.25) is 0 Å². The molecule has 2 heterocycles. The Morgan fingerprint density at radius 2 is 2.14 bits per heavy atom. The first-order chi connectivity index (χ1) is 9.70. The number of aromatic carboxylic acids is 1. The predicted octanol–water partition coefficient (Wildman–Crippen LogP) is 2.25. The number of alkyl halides is 2. The van der Waals surface area contributed by atoms with Gasteiger partial charge in [-0.1, -0.05) is 26.0 Å². The molecule has 0 atom stereocenters. The first kappa shape index (κ1) is 15.1. The Balaban J connectivity index is 2.32. The lowest BCUT2D eigenvalue weighted by molar-refractivity contribution is 0.0675. The topological polar surface area (TPSA) is 94.0 Å². The maximum atomic E-state index is 13.0. The van der Waals surface area contributed by atoms with E-state index in [9.17, 15) is 13.6 Å². The van der Waals surface area contributed by atoms with E-state index in [0.29, 0.717) is 5.76 Å². The molecule has 0 saturated carbocycles. The van der Waals surface area contributed by atoms with Crippen molar-refractivity contribution >= 4 is 5.97 Å². The third-order valence-corrected chi connectivity index (χ3v) is 2.76. The second kappa shape index (κ2) is 5.23. The molecule has 0 aliphatic heterocycles. The van der Waals surface area contributed by atoms with Crippen LogP contribution in [0.25, 0.3) is 0 Å². The van der Waals surface area contributed by atoms with E-state index in [1.165, 1.54) is 6.20 Å². The highest BCUT2D eigenvalue weighted by Crippen LogP contribution is 2.25. The summed E-state index contributed by atoms with van der Waals surface area (Å²) >= 11 is 0. The van der Waals surface area contributed by atoms with Gasteiger partial charge >= 0.3 is 5.97 Å². The smallest absolute Gasteiger partial charge is 0.358 e. The van der Waals surface area contributed by atoms with Crippen molar-refractivity contribution in [1.29, 1.82) is 0 Å². The maximum absolute atomic E-state index is 13.0. The van der Waals surface area contributed by atoms with Gasteiger partial charge in [-0.05, 0) is 0 Å². The third kappa shape index (κ3) is 3.06. The molecule has 2 rings (SSSR count). The van der Waals surface area contributed by atoms with E-state index in [4.69, 9.17) is 9.52 Å². The van der Waals surface area contributed by atoms with Crippen LogP contribution in [0.2, 0.25) is 0 Å². The van der Waals surface area contributed by atoms with E-state index in [1.807, 2.05) is 20.8 Å². The molecule has 0 amide bonds. The van der Waals surface area contributed by atoms with Crippen LogP contribution in [-0.4, -0.2) is 31.1 Å². The van der Waals surface area contributed by atoms with Crippen molar-refractivity contribution in [2.75, 3.05) is 0 Å². The summed E-state index contributed by atoms with van der Waals surface area (Å²) in [5, 5.41) is 15.5. The zero-order valence-corrected chi connectivity index (χ0v) is 11.7. The van der Waals surface area contributed by atoms with Crippen molar-refractivity contribution in [3.8, 4) is 0 Å². The van der Waals surface area contributed by atoms with E-state index in [2.05, 4.69) is 15.3 Å². The van der Waals surface area contributed by atoms with Crippen molar-refractivity contribution in [2.45, 2.75) is 39.2 Å². The summed E-state index contributed by atoms with van der Waals surface area (Å²) < 4.78 is 32.2. The lowest BCUT2D eigenvalue weighted by Crippen LogP contribution is -2.11. The van der Waals surface area contributed by atoms with E-state index >= 15 is 0 Å². The highest BCUT2D eigenvalue weighted by Gasteiger charge is 2.27. The lowest BCUT2D eigenvalue weighted by atomic mass is 9.94. The Morgan fingerprint density at radius 3 is 2.62 bits per heavy atom. The van der Waals surface area contributed by atoms with Crippen molar-refractivity contribution in [3.63, 3.8) is 0 Å². The molecular formula is C12H14F2N4O3. The Kier molecular flexibility index (Phi) is 3.75. The molecule has 21 heavy (non-hydrogen) atoms. The predicted molar refractivity (Wildman–Crippen MR) is 66.2 cm³/mol. The van der Waals surface area contributed by atoms with E-state index in [0.717, 1.165) is 4.68 Å². The molecule has 0 aromatic carbocycles. The fraction of sp³-hybridized carbons (Fsp3) is 0.500. The molecule has 0 bridgehead atoms. The molecule has 0 unspecified atom stereocenters. The summed E-state index contributed by atoms with van der Waals surface area (Å²) in [4.78, 5) is 14.8. The van der Waals surface area contributed by atoms with Crippen molar-refractivity contribution < 1.29 is 23.1 Å². The molecule has 9 heteroatoms. The molecule has 7 nitrogen and oxygen atoms in total. The van der Waals surface area contributed by atoms with Crippen LogP contribution in [0, 0.1) is 0 Å². The minimum Gasteiger partial charge on any atom is -0.476 e. The minimum atomic E-state index is -3.01. The van der Waals surface area contributed by atoms with Gasteiger partial charge < -0.3 is 9.52 Å². The number of hydrogen-bond donors (Lipinski definition) is 1. The van der Waals surface area contributed by atoms with Gasteiger partial charge in [0.1, 0.15) is 18.0 Å².